The summed E-state index contributed by atoms with van der Waals surface area (Å²) in [5, 5.41) is 0. The number of nitrogens with two attached hydrogens (primary N) is 1. The minimum atomic E-state index is -0.463. The van der Waals surface area contributed by atoms with Gasteiger partial charge in [0.2, 0.25) is 0 Å². The van der Waals surface area contributed by atoms with Gasteiger partial charge in [-0.3, -0.25) is 0 Å². The molecule has 0 radical (unpaired) electrons. The van der Waals surface area contributed by atoms with E-state index in [-0.39, 0.29) is 23.1 Å². The highest BCUT2D eigenvalue weighted by atomic mass is 32.2. The van der Waals surface area contributed by atoms with Gasteiger partial charge in [0.15, 0.2) is 0 Å². The second-order valence-electron chi connectivity index (χ2n) is 4.17. The molecule has 0 fully saturated rings. The third-order valence-electron chi connectivity index (χ3n) is 2.74. The van der Waals surface area contributed by atoms with Crippen molar-refractivity contribution in [2.75, 3.05) is 0 Å². The molecule has 4 heteroatoms. The zero-order chi connectivity index (χ0) is 12.8. The molecule has 0 unspecified atom stereocenters. The van der Waals surface area contributed by atoms with E-state index >= 15 is 0 Å². The van der Waals surface area contributed by atoms with Gasteiger partial charge >= 0.3 is 23.1 Å². The molecule has 0 spiro atoms. The van der Waals surface area contributed by atoms with Crippen LogP contribution in [0.3, 0.4) is 0 Å². The van der Waals surface area contributed by atoms with Crippen LogP contribution in [0.1, 0.15) is 11.1 Å². The van der Waals surface area contributed by atoms with Crippen LogP contribution in [0, 0.1) is 0 Å². The lowest BCUT2D eigenvalue weighted by Crippen LogP contribution is -2.11. The minimum absolute atomic E-state index is 0. The molecule has 2 aromatic carbocycles. The van der Waals surface area contributed by atoms with E-state index < -0.39 is 10.9 Å². The fourth-order valence-electron chi connectivity index (χ4n) is 1.82. The van der Waals surface area contributed by atoms with Gasteiger partial charge in [-0.15, -0.1) is 0 Å². The van der Waals surface area contributed by atoms with Crippen molar-refractivity contribution in [3.8, 4) is 0 Å². The molecule has 0 saturated carbocycles. The van der Waals surface area contributed by atoms with Crippen molar-refractivity contribution in [2.45, 2.75) is 11.5 Å². The summed E-state index contributed by atoms with van der Waals surface area (Å²) in [7, 11) is -0.463. The first-order valence-corrected chi connectivity index (χ1v) is 8.00. The molecule has 0 aliphatic rings. The second-order valence-corrected chi connectivity index (χ2v) is 7.10. The highest BCUT2D eigenvalue weighted by molar-refractivity contribution is 8.35. The maximum absolute atomic E-state index is 5.89. The molecule has 2 N–H and O–H groups in total. The maximum atomic E-state index is 5.89. The van der Waals surface area contributed by atoms with E-state index in [4.69, 9.17) is 18.0 Å². The number of rotatable bonds is 4. The van der Waals surface area contributed by atoms with Gasteiger partial charge in [-0.05, 0) is 11.1 Å². The Kier molecular flexibility index (Phi) is 7.45. The SMILES string of the molecule is NC(=S)[SH](Cc1ccccc1)Cc1ccccc1.[MgH2]. The van der Waals surface area contributed by atoms with Gasteiger partial charge in [-0.2, -0.15) is 10.9 Å². The van der Waals surface area contributed by atoms with Crippen LogP contribution in [0.15, 0.2) is 60.7 Å². The summed E-state index contributed by atoms with van der Waals surface area (Å²) < 4.78 is 0.665. The first-order chi connectivity index (χ1) is 8.75. The van der Waals surface area contributed by atoms with Gasteiger partial charge in [-0.1, -0.05) is 72.9 Å². The lowest BCUT2D eigenvalue weighted by Gasteiger charge is -2.20. The monoisotopic (exact) mass is 301 g/mol. The molecular formula is C15H19MgNS2. The van der Waals surface area contributed by atoms with Crippen LogP contribution in [0.4, 0.5) is 0 Å². The summed E-state index contributed by atoms with van der Waals surface area (Å²) in [6.45, 7) is 0. The molecule has 0 aliphatic carbocycles. The number of thiol groups is 1. The van der Waals surface area contributed by atoms with Crippen LogP contribution >= 0.6 is 23.1 Å². The Labute approximate surface area is 139 Å². The fraction of sp³-hybridized carbons (Fsp3) is 0.133. The zero-order valence-electron chi connectivity index (χ0n) is 10.1. The van der Waals surface area contributed by atoms with Gasteiger partial charge < -0.3 is 5.73 Å². The van der Waals surface area contributed by atoms with Gasteiger partial charge in [-0.25, -0.2) is 0 Å². The third kappa shape index (κ3) is 5.53. The van der Waals surface area contributed by atoms with Crippen molar-refractivity contribution in [1.29, 1.82) is 0 Å². The van der Waals surface area contributed by atoms with Crippen molar-refractivity contribution < 1.29 is 0 Å². The summed E-state index contributed by atoms with van der Waals surface area (Å²) in [6.07, 6.45) is 0. The summed E-state index contributed by atoms with van der Waals surface area (Å²) in [5.41, 5.74) is 8.52. The van der Waals surface area contributed by atoms with Crippen molar-refractivity contribution in [3.63, 3.8) is 0 Å². The topological polar surface area (TPSA) is 26.0 Å². The molecule has 1 nitrogen and oxygen atoms in total. The number of hydrogen-bond donors (Lipinski definition) is 2. The van der Waals surface area contributed by atoms with Gasteiger partial charge in [0.1, 0.15) is 4.32 Å². The van der Waals surface area contributed by atoms with Crippen molar-refractivity contribution in [3.05, 3.63) is 71.8 Å². The molecule has 19 heavy (non-hydrogen) atoms. The van der Waals surface area contributed by atoms with Gasteiger partial charge in [0, 0.05) is 11.5 Å². The molecule has 98 valence electrons. The van der Waals surface area contributed by atoms with Crippen molar-refractivity contribution in [1.82, 2.24) is 0 Å². The Morgan fingerprint density at radius 1 is 0.842 bits per heavy atom. The van der Waals surface area contributed by atoms with E-state index in [0.29, 0.717) is 4.32 Å². The number of thiocarbonyl (C=S) groups is 1. The van der Waals surface area contributed by atoms with E-state index in [2.05, 4.69) is 48.5 Å². The highest BCUT2D eigenvalue weighted by Crippen LogP contribution is 2.34. The zero-order valence-corrected chi connectivity index (χ0v) is 11.8. The van der Waals surface area contributed by atoms with Crippen LogP contribution in [0.25, 0.3) is 0 Å². The first kappa shape index (κ1) is 16.5. The lowest BCUT2D eigenvalue weighted by atomic mass is 10.2. The van der Waals surface area contributed by atoms with Crippen LogP contribution in [-0.2, 0) is 11.5 Å². The summed E-state index contributed by atoms with van der Waals surface area (Å²) in [4.78, 5) is 0. The molecule has 2 rings (SSSR count). The third-order valence-corrected chi connectivity index (χ3v) is 5.64. The number of hydrogen-bond acceptors (Lipinski definition) is 1. The normalized spacial score (nSPS) is 10.4. The lowest BCUT2D eigenvalue weighted by molar-refractivity contribution is 1.35. The van der Waals surface area contributed by atoms with Crippen molar-refractivity contribution in [2.24, 2.45) is 5.73 Å². The summed E-state index contributed by atoms with van der Waals surface area (Å²) >= 11 is 5.22. The van der Waals surface area contributed by atoms with Gasteiger partial charge in [0.05, 0.1) is 0 Å². The van der Waals surface area contributed by atoms with Gasteiger partial charge in [0.25, 0.3) is 0 Å². The molecule has 0 bridgehead atoms. The predicted octanol–water partition coefficient (Wildman–Crippen LogP) is 2.72. The van der Waals surface area contributed by atoms with Crippen LogP contribution in [0.5, 0.6) is 0 Å². The van der Waals surface area contributed by atoms with E-state index in [1.807, 2.05) is 12.1 Å². The van der Waals surface area contributed by atoms with E-state index in [1.165, 1.54) is 11.1 Å². The van der Waals surface area contributed by atoms with E-state index in [9.17, 15) is 0 Å². The predicted molar refractivity (Wildman–Crippen MR) is 94.6 cm³/mol. The van der Waals surface area contributed by atoms with E-state index in [0.717, 1.165) is 11.5 Å². The Bertz CT molecular complexity index is 461. The first-order valence-electron chi connectivity index (χ1n) is 5.88. The Balaban J connectivity index is 0.00000180. The summed E-state index contributed by atoms with van der Waals surface area (Å²) in [6, 6.07) is 20.9. The molecular weight excluding hydrogens is 283 g/mol. The molecule has 0 saturated heterocycles. The quantitative estimate of drug-likeness (QED) is 0.516. The largest absolute Gasteiger partial charge is 0.386 e. The molecule has 0 heterocycles. The molecule has 0 atom stereocenters. The average molecular weight is 302 g/mol. The Morgan fingerprint density at radius 2 is 1.21 bits per heavy atom. The minimum Gasteiger partial charge on any atom is -0.386 e. The summed E-state index contributed by atoms with van der Waals surface area (Å²) in [5.74, 6) is 1.95. The van der Waals surface area contributed by atoms with Crippen LogP contribution < -0.4 is 5.73 Å². The average Bonchev–Trinajstić information content (AvgIpc) is 2.40. The van der Waals surface area contributed by atoms with E-state index in [1.54, 1.807) is 0 Å². The fourth-order valence-corrected chi connectivity index (χ4v) is 3.93. The molecule has 0 amide bonds. The second kappa shape index (κ2) is 8.58. The Hall–Kier alpha value is -0.554. The standard InChI is InChI=1S/C15H17NS2.Mg.2H/c16-15(17)18(11-13-7-3-1-4-8-13)12-14-9-5-2-6-10-14;;;/h1-10,18H,11-12H2,(H2,16,17);;;. The Morgan fingerprint density at radius 3 is 1.53 bits per heavy atom. The number of benzene rings is 2. The van der Waals surface area contributed by atoms with Crippen molar-refractivity contribution >= 4 is 50.5 Å². The molecule has 0 aliphatic heterocycles. The molecule has 0 aromatic heterocycles. The maximum Gasteiger partial charge on any atom is 0.316 e. The highest BCUT2D eigenvalue weighted by Gasteiger charge is 2.09. The molecule has 2 aromatic rings. The van der Waals surface area contributed by atoms with Crippen LogP contribution in [0.2, 0.25) is 0 Å². The van der Waals surface area contributed by atoms with Crippen LogP contribution in [-0.4, -0.2) is 27.4 Å². The smallest absolute Gasteiger partial charge is 0.316 e.